The van der Waals surface area contributed by atoms with Gasteiger partial charge in [0.25, 0.3) is 0 Å². The average Bonchev–Trinajstić information content (AvgIpc) is 3.59. The molecule has 3 aromatic heterocycles. The number of imidazole rings is 1. The van der Waals surface area contributed by atoms with Crippen LogP contribution >= 0.6 is 0 Å². The van der Waals surface area contributed by atoms with Gasteiger partial charge in [-0.25, -0.2) is 9.97 Å². The highest BCUT2D eigenvalue weighted by Crippen LogP contribution is 2.33. The van der Waals surface area contributed by atoms with Crippen molar-refractivity contribution in [3.63, 3.8) is 0 Å². The van der Waals surface area contributed by atoms with E-state index in [-0.39, 0.29) is 11.6 Å². The van der Waals surface area contributed by atoms with Gasteiger partial charge < -0.3 is 14.8 Å². The molecule has 0 saturated carbocycles. The predicted octanol–water partition coefficient (Wildman–Crippen LogP) is 4.22. The number of H-pyrrole nitrogens is 1. The summed E-state index contributed by atoms with van der Waals surface area (Å²) < 4.78 is 0. The van der Waals surface area contributed by atoms with Crippen molar-refractivity contribution < 1.29 is 4.79 Å². The van der Waals surface area contributed by atoms with Gasteiger partial charge >= 0.3 is 0 Å². The molecule has 1 aliphatic carbocycles. The highest BCUT2D eigenvalue weighted by Gasteiger charge is 2.23. The van der Waals surface area contributed by atoms with Crippen LogP contribution in [0.5, 0.6) is 0 Å². The van der Waals surface area contributed by atoms with Crippen LogP contribution in [-0.4, -0.2) is 63.8 Å². The van der Waals surface area contributed by atoms with E-state index in [1.54, 1.807) is 24.4 Å². The summed E-state index contributed by atoms with van der Waals surface area (Å²) in [5.41, 5.74) is 5.92. The Labute approximate surface area is 215 Å². The Kier molecular flexibility index (Phi) is 5.78. The summed E-state index contributed by atoms with van der Waals surface area (Å²) >= 11 is 0. The van der Waals surface area contributed by atoms with E-state index < -0.39 is 0 Å². The summed E-state index contributed by atoms with van der Waals surface area (Å²) in [7, 11) is 4.26. The van der Waals surface area contributed by atoms with Crippen LogP contribution in [0, 0.1) is 11.3 Å². The number of nitriles is 1. The van der Waals surface area contributed by atoms with Crippen LogP contribution in [0.4, 0.5) is 5.82 Å². The fraction of sp³-hybridized carbons (Fsp3) is 0.276. The van der Waals surface area contributed by atoms with Crippen LogP contribution < -0.4 is 4.90 Å². The van der Waals surface area contributed by atoms with Gasteiger partial charge in [0.1, 0.15) is 5.82 Å². The maximum Gasteiger partial charge on any atom is 0.228 e. The second-order valence-electron chi connectivity index (χ2n) is 9.88. The first-order chi connectivity index (χ1) is 18.0. The first-order valence-electron chi connectivity index (χ1n) is 12.5. The number of allylic oxidation sites excluding steroid dienone is 1. The number of nitrogens with zero attached hydrogens (tertiary/aromatic N) is 6. The number of fused-ring (bicyclic) bond motifs is 2. The molecule has 1 fully saturated rings. The van der Waals surface area contributed by atoms with Gasteiger partial charge in [-0.1, -0.05) is 12.2 Å². The van der Waals surface area contributed by atoms with Crippen LogP contribution in [0.25, 0.3) is 28.4 Å². The fourth-order valence-electron chi connectivity index (χ4n) is 5.31. The van der Waals surface area contributed by atoms with Crippen molar-refractivity contribution in [3.05, 3.63) is 76.9 Å². The van der Waals surface area contributed by atoms with E-state index in [9.17, 15) is 10.1 Å². The lowest BCUT2D eigenvalue weighted by atomic mass is 9.93. The summed E-state index contributed by atoms with van der Waals surface area (Å²) in [4.78, 5) is 34.8. The molecular weight excluding hydrogens is 462 g/mol. The fourth-order valence-corrected chi connectivity index (χ4v) is 5.31. The van der Waals surface area contributed by atoms with Crippen LogP contribution in [0.1, 0.15) is 45.7 Å². The van der Waals surface area contributed by atoms with E-state index in [0.29, 0.717) is 28.4 Å². The molecule has 1 N–H and O–H groups in total. The van der Waals surface area contributed by atoms with Crippen molar-refractivity contribution in [1.82, 2.24) is 24.8 Å². The lowest BCUT2D eigenvalue weighted by Gasteiger charge is -2.35. The Hall–Kier alpha value is -4.35. The Morgan fingerprint density at radius 1 is 1.11 bits per heavy atom. The van der Waals surface area contributed by atoms with Crippen LogP contribution in [0.15, 0.2) is 48.8 Å². The molecule has 0 radical (unpaired) electrons. The van der Waals surface area contributed by atoms with E-state index in [1.165, 1.54) is 0 Å². The zero-order valence-electron chi connectivity index (χ0n) is 20.9. The van der Waals surface area contributed by atoms with Gasteiger partial charge in [0.05, 0.1) is 17.1 Å². The molecule has 6 rings (SSSR count). The minimum absolute atomic E-state index is 0.234. The molecule has 37 heavy (non-hydrogen) atoms. The summed E-state index contributed by atoms with van der Waals surface area (Å²) in [6, 6.07) is 11.9. The lowest BCUT2D eigenvalue weighted by Crippen LogP contribution is -2.42. The van der Waals surface area contributed by atoms with Crippen molar-refractivity contribution in [2.45, 2.75) is 25.3 Å². The van der Waals surface area contributed by atoms with Gasteiger partial charge in [0.15, 0.2) is 11.5 Å². The van der Waals surface area contributed by atoms with Crippen molar-refractivity contribution >= 4 is 28.8 Å². The molecule has 0 unspecified atom stereocenters. The SMILES string of the molecule is CN(C)C1CCN(c2ccc3[nH]c(C(=O)c4ccc(C#N)c(-c5cncc6c5C=CC6)c4)nc3n2)CC1. The third-order valence-electron chi connectivity index (χ3n) is 7.45. The van der Waals surface area contributed by atoms with E-state index >= 15 is 0 Å². The summed E-state index contributed by atoms with van der Waals surface area (Å²) in [6.45, 7) is 1.89. The summed E-state index contributed by atoms with van der Waals surface area (Å²) in [6.07, 6.45) is 10.7. The van der Waals surface area contributed by atoms with Crippen molar-refractivity contribution in [3.8, 4) is 17.2 Å². The average molecular weight is 490 g/mol. The number of aromatic nitrogens is 4. The maximum absolute atomic E-state index is 13.5. The lowest BCUT2D eigenvalue weighted by molar-refractivity contribution is 0.103. The molecule has 1 aliphatic heterocycles. The molecule has 4 heterocycles. The third kappa shape index (κ3) is 4.17. The molecular formula is C29H27N7O. The highest BCUT2D eigenvalue weighted by molar-refractivity contribution is 6.08. The molecule has 1 aromatic carbocycles. The van der Waals surface area contributed by atoms with Crippen molar-refractivity contribution in [2.75, 3.05) is 32.1 Å². The second-order valence-corrected chi connectivity index (χ2v) is 9.88. The number of carbonyl (C=O) groups is 1. The number of hydrogen-bond donors (Lipinski definition) is 1. The van der Waals surface area contributed by atoms with Gasteiger partial charge in [0, 0.05) is 48.2 Å². The largest absolute Gasteiger partial charge is 0.356 e. The van der Waals surface area contributed by atoms with E-state index in [4.69, 9.17) is 4.98 Å². The second kappa shape index (κ2) is 9.26. The van der Waals surface area contributed by atoms with Gasteiger partial charge in [-0.15, -0.1) is 0 Å². The topological polar surface area (TPSA) is 102 Å². The van der Waals surface area contributed by atoms with Crippen molar-refractivity contribution in [1.29, 1.82) is 5.26 Å². The van der Waals surface area contributed by atoms with Crippen LogP contribution in [0.2, 0.25) is 0 Å². The molecule has 0 amide bonds. The Balaban J connectivity index is 1.30. The number of carbonyl (C=O) groups excluding carboxylic acids is 1. The molecule has 0 spiro atoms. The number of ketones is 1. The standard InChI is InChI=1S/C29H27N7O/c1-35(2)21-10-12-36(13-11-21)26-9-8-25-28(33-26)34-29(32-25)27(37)18-6-7-19(15-30)23(14-18)24-17-31-16-20-4-3-5-22(20)24/h3,5-9,14,16-17,21H,4,10-13H2,1-2H3,(H,32,33,34). The Morgan fingerprint density at radius 3 is 2.73 bits per heavy atom. The Morgan fingerprint density at radius 2 is 1.95 bits per heavy atom. The van der Waals surface area contributed by atoms with E-state index in [2.05, 4.69) is 51.0 Å². The number of benzene rings is 1. The molecule has 4 aromatic rings. The predicted molar refractivity (Wildman–Crippen MR) is 143 cm³/mol. The smallest absolute Gasteiger partial charge is 0.228 e. The molecule has 1 saturated heterocycles. The van der Waals surface area contributed by atoms with Gasteiger partial charge in [-0.3, -0.25) is 9.78 Å². The van der Waals surface area contributed by atoms with Gasteiger partial charge in [-0.2, -0.15) is 5.26 Å². The Bertz CT molecular complexity index is 1590. The van der Waals surface area contributed by atoms with Gasteiger partial charge in [0.2, 0.25) is 5.78 Å². The first kappa shape index (κ1) is 23.1. The molecule has 0 atom stereocenters. The number of nitrogens with one attached hydrogen (secondary N) is 1. The minimum atomic E-state index is -0.242. The molecule has 2 aliphatic rings. The zero-order valence-corrected chi connectivity index (χ0v) is 20.9. The number of rotatable bonds is 5. The maximum atomic E-state index is 13.5. The van der Waals surface area contributed by atoms with E-state index in [0.717, 1.165) is 60.4 Å². The highest BCUT2D eigenvalue weighted by atomic mass is 16.1. The first-order valence-corrected chi connectivity index (χ1v) is 12.5. The monoisotopic (exact) mass is 489 g/mol. The number of piperidine rings is 1. The normalized spacial score (nSPS) is 15.4. The van der Waals surface area contributed by atoms with Gasteiger partial charge in [-0.05, 0) is 74.8 Å². The van der Waals surface area contributed by atoms with Crippen molar-refractivity contribution in [2.24, 2.45) is 0 Å². The number of aromatic amines is 1. The molecule has 0 bridgehead atoms. The molecule has 8 nitrogen and oxygen atoms in total. The molecule has 8 heteroatoms. The zero-order chi connectivity index (χ0) is 25.5. The van der Waals surface area contributed by atoms with E-state index in [1.807, 2.05) is 24.4 Å². The molecule has 184 valence electrons. The minimum Gasteiger partial charge on any atom is -0.356 e. The summed E-state index contributed by atoms with van der Waals surface area (Å²) in [5.74, 6) is 0.875. The quantitative estimate of drug-likeness (QED) is 0.419. The number of hydrogen-bond acceptors (Lipinski definition) is 7. The van der Waals surface area contributed by atoms with Crippen LogP contribution in [0.3, 0.4) is 0 Å². The number of pyridine rings is 2. The third-order valence-corrected chi connectivity index (χ3v) is 7.45. The van der Waals surface area contributed by atoms with Crippen LogP contribution in [-0.2, 0) is 6.42 Å². The number of anilines is 1. The summed E-state index contributed by atoms with van der Waals surface area (Å²) in [5, 5.41) is 9.74.